The number of ether oxygens (including phenoxy) is 1. The van der Waals surface area contributed by atoms with Crippen molar-refractivity contribution in [3.63, 3.8) is 0 Å². The van der Waals surface area contributed by atoms with Crippen molar-refractivity contribution in [2.24, 2.45) is 0 Å². The van der Waals surface area contributed by atoms with Gasteiger partial charge in [0.2, 0.25) is 11.0 Å². The summed E-state index contributed by atoms with van der Waals surface area (Å²) in [5.74, 6) is 0.596. The number of methoxy groups -OCH3 is 1. The molecule has 0 atom stereocenters. The molecule has 0 aliphatic carbocycles. The fourth-order valence-corrected chi connectivity index (χ4v) is 3.70. The standard InChI is InChI=1S/C18H17FN4O2S2/c1-25-15-8-6-14(7-9-15)21-17-22-23-18(27-17)26-11-16(24)20-10-12-2-4-13(19)5-3-12/h2-9H,10-11H2,1H3,(H,20,24)(H,21,22). The number of hydrogen-bond donors (Lipinski definition) is 2. The summed E-state index contributed by atoms with van der Waals surface area (Å²) in [5, 5.41) is 14.7. The highest BCUT2D eigenvalue weighted by molar-refractivity contribution is 8.01. The molecular formula is C18H17FN4O2S2. The maximum Gasteiger partial charge on any atom is 0.230 e. The lowest BCUT2D eigenvalue weighted by atomic mass is 10.2. The third-order valence-corrected chi connectivity index (χ3v) is 5.45. The lowest BCUT2D eigenvalue weighted by Gasteiger charge is -2.04. The molecule has 3 rings (SSSR count). The van der Waals surface area contributed by atoms with Gasteiger partial charge in [-0.2, -0.15) is 0 Å². The Hall–Kier alpha value is -2.65. The summed E-state index contributed by atoms with van der Waals surface area (Å²) < 4.78 is 18.7. The first-order chi connectivity index (χ1) is 13.1. The Balaban J connectivity index is 1.44. The van der Waals surface area contributed by atoms with Crippen LogP contribution in [0.4, 0.5) is 15.2 Å². The zero-order valence-corrected chi connectivity index (χ0v) is 16.1. The van der Waals surface area contributed by atoms with Crippen LogP contribution in [0.1, 0.15) is 5.56 Å². The molecule has 0 spiro atoms. The molecule has 0 unspecified atom stereocenters. The number of rotatable bonds is 8. The molecule has 9 heteroatoms. The van der Waals surface area contributed by atoms with Gasteiger partial charge in [-0.15, -0.1) is 10.2 Å². The van der Waals surface area contributed by atoms with Crippen LogP contribution in [0.5, 0.6) is 5.75 Å². The van der Waals surface area contributed by atoms with E-state index in [0.29, 0.717) is 16.0 Å². The topological polar surface area (TPSA) is 76.1 Å². The van der Waals surface area contributed by atoms with Crippen LogP contribution in [0.3, 0.4) is 0 Å². The Kier molecular flexibility index (Phi) is 6.61. The van der Waals surface area contributed by atoms with Gasteiger partial charge in [0.1, 0.15) is 11.6 Å². The van der Waals surface area contributed by atoms with Crippen LogP contribution in [-0.4, -0.2) is 29.0 Å². The second kappa shape index (κ2) is 9.33. The smallest absolute Gasteiger partial charge is 0.230 e. The van der Waals surface area contributed by atoms with Crippen LogP contribution in [0, 0.1) is 5.82 Å². The van der Waals surface area contributed by atoms with Gasteiger partial charge in [-0.3, -0.25) is 4.79 Å². The first kappa shape index (κ1) is 19.1. The molecule has 0 saturated carbocycles. The van der Waals surface area contributed by atoms with E-state index in [1.54, 1.807) is 19.2 Å². The first-order valence-corrected chi connectivity index (χ1v) is 9.81. The molecule has 0 saturated heterocycles. The van der Waals surface area contributed by atoms with Crippen molar-refractivity contribution < 1.29 is 13.9 Å². The summed E-state index contributed by atoms with van der Waals surface area (Å²) >= 11 is 2.69. The van der Waals surface area contributed by atoms with Crippen LogP contribution in [0.25, 0.3) is 0 Å². The molecule has 2 N–H and O–H groups in total. The van der Waals surface area contributed by atoms with Gasteiger partial charge in [-0.05, 0) is 42.0 Å². The van der Waals surface area contributed by atoms with E-state index in [2.05, 4.69) is 20.8 Å². The van der Waals surface area contributed by atoms with Crippen LogP contribution in [0.15, 0.2) is 52.9 Å². The summed E-state index contributed by atoms with van der Waals surface area (Å²) in [4.78, 5) is 11.9. The number of thioether (sulfide) groups is 1. The summed E-state index contributed by atoms with van der Waals surface area (Å²) in [6.45, 7) is 0.361. The highest BCUT2D eigenvalue weighted by Crippen LogP contribution is 2.28. The number of aromatic nitrogens is 2. The second-order valence-corrected chi connectivity index (χ2v) is 7.62. The molecular weight excluding hydrogens is 387 g/mol. The van der Waals surface area contributed by atoms with E-state index in [0.717, 1.165) is 17.0 Å². The molecule has 0 aliphatic rings. The molecule has 1 aromatic heterocycles. The average molecular weight is 404 g/mol. The molecule has 1 heterocycles. The van der Waals surface area contributed by atoms with Gasteiger partial charge in [0.25, 0.3) is 0 Å². The first-order valence-electron chi connectivity index (χ1n) is 8.01. The predicted molar refractivity (Wildman–Crippen MR) is 105 cm³/mol. The van der Waals surface area contributed by atoms with E-state index in [1.807, 2.05) is 24.3 Å². The van der Waals surface area contributed by atoms with Gasteiger partial charge in [0.15, 0.2) is 4.34 Å². The van der Waals surface area contributed by atoms with E-state index in [1.165, 1.54) is 35.2 Å². The third kappa shape index (κ3) is 5.93. The Bertz CT molecular complexity index is 885. The zero-order valence-electron chi connectivity index (χ0n) is 14.4. The van der Waals surface area contributed by atoms with Crippen molar-refractivity contribution in [3.05, 3.63) is 59.9 Å². The van der Waals surface area contributed by atoms with Crippen LogP contribution in [0.2, 0.25) is 0 Å². The van der Waals surface area contributed by atoms with Gasteiger partial charge < -0.3 is 15.4 Å². The number of nitrogens with one attached hydrogen (secondary N) is 2. The normalized spacial score (nSPS) is 10.4. The summed E-state index contributed by atoms with van der Waals surface area (Å²) in [7, 11) is 1.62. The van der Waals surface area contributed by atoms with Crippen molar-refractivity contribution >= 4 is 39.8 Å². The van der Waals surface area contributed by atoms with Crippen molar-refractivity contribution in [2.75, 3.05) is 18.2 Å². The van der Waals surface area contributed by atoms with Crippen LogP contribution in [-0.2, 0) is 11.3 Å². The molecule has 27 heavy (non-hydrogen) atoms. The van der Waals surface area contributed by atoms with Crippen molar-refractivity contribution in [1.82, 2.24) is 15.5 Å². The molecule has 140 valence electrons. The van der Waals surface area contributed by atoms with Crippen molar-refractivity contribution in [1.29, 1.82) is 0 Å². The number of hydrogen-bond acceptors (Lipinski definition) is 7. The maximum absolute atomic E-state index is 12.9. The number of carbonyl (C=O) groups excluding carboxylic acids is 1. The van der Waals surface area contributed by atoms with Gasteiger partial charge in [-0.25, -0.2) is 4.39 Å². The van der Waals surface area contributed by atoms with E-state index < -0.39 is 0 Å². The largest absolute Gasteiger partial charge is 0.497 e. The highest BCUT2D eigenvalue weighted by atomic mass is 32.2. The van der Waals surface area contributed by atoms with Crippen molar-refractivity contribution in [3.8, 4) is 5.75 Å². The van der Waals surface area contributed by atoms with E-state index in [-0.39, 0.29) is 17.5 Å². The number of nitrogens with zero attached hydrogens (tertiary/aromatic N) is 2. The minimum absolute atomic E-state index is 0.121. The van der Waals surface area contributed by atoms with Crippen LogP contribution < -0.4 is 15.4 Å². The Labute approximate surface area is 164 Å². The van der Waals surface area contributed by atoms with Gasteiger partial charge in [-0.1, -0.05) is 35.2 Å². The van der Waals surface area contributed by atoms with Gasteiger partial charge >= 0.3 is 0 Å². The van der Waals surface area contributed by atoms with E-state index >= 15 is 0 Å². The molecule has 0 aliphatic heterocycles. The van der Waals surface area contributed by atoms with Crippen LogP contribution >= 0.6 is 23.1 Å². The molecule has 0 bridgehead atoms. The quantitative estimate of drug-likeness (QED) is 0.556. The molecule has 1 amide bonds. The summed E-state index contributed by atoms with van der Waals surface area (Å²) in [6.07, 6.45) is 0. The number of anilines is 2. The minimum Gasteiger partial charge on any atom is -0.497 e. The Morgan fingerprint density at radius 2 is 1.89 bits per heavy atom. The zero-order chi connectivity index (χ0) is 19.1. The lowest BCUT2D eigenvalue weighted by molar-refractivity contribution is -0.118. The molecule has 3 aromatic rings. The molecule has 0 radical (unpaired) electrons. The summed E-state index contributed by atoms with van der Waals surface area (Å²) in [6, 6.07) is 13.5. The molecule has 2 aromatic carbocycles. The monoisotopic (exact) mass is 404 g/mol. The maximum atomic E-state index is 12.9. The fourth-order valence-electron chi connectivity index (χ4n) is 2.10. The van der Waals surface area contributed by atoms with Crippen molar-refractivity contribution in [2.45, 2.75) is 10.9 Å². The number of carbonyl (C=O) groups is 1. The number of benzene rings is 2. The average Bonchev–Trinajstić information content (AvgIpc) is 3.14. The second-order valence-electron chi connectivity index (χ2n) is 5.42. The molecule has 6 nitrogen and oxygen atoms in total. The minimum atomic E-state index is -0.295. The van der Waals surface area contributed by atoms with Gasteiger partial charge in [0, 0.05) is 12.2 Å². The van der Waals surface area contributed by atoms with Gasteiger partial charge in [0.05, 0.1) is 12.9 Å². The Morgan fingerprint density at radius 1 is 1.15 bits per heavy atom. The third-order valence-electron chi connectivity index (χ3n) is 3.48. The Morgan fingerprint density at radius 3 is 2.59 bits per heavy atom. The van der Waals surface area contributed by atoms with E-state index in [4.69, 9.17) is 4.74 Å². The lowest BCUT2D eigenvalue weighted by Crippen LogP contribution is -2.24. The SMILES string of the molecule is COc1ccc(Nc2nnc(SCC(=O)NCc3ccc(F)cc3)s2)cc1. The number of amides is 1. The summed E-state index contributed by atoms with van der Waals surface area (Å²) in [5.41, 5.74) is 1.72. The molecule has 0 fully saturated rings. The highest BCUT2D eigenvalue weighted by Gasteiger charge is 2.09. The number of halogens is 1. The fraction of sp³-hybridized carbons (Fsp3) is 0.167. The predicted octanol–water partition coefficient (Wildman–Crippen LogP) is 3.84. The van der Waals surface area contributed by atoms with E-state index in [9.17, 15) is 9.18 Å².